The monoisotopic (exact) mass is 384 g/mol. The van der Waals surface area contributed by atoms with Crippen molar-refractivity contribution in [3.05, 3.63) is 54.1 Å². The first-order valence-electron chi connectivity index (χ1n) is 9.87. The molecule has 6 rings (SSSR count). The summed E-state index contributed by atoms with van der Waals surface area (Å²) in [5, 5.41) is 7.35. The molecule has 144 valence electrons. The number of nitrogens with zero attached hydrogens (tertiary/aromatic N) is 2. The normalized spacial score (nSPS) is 27.6. The first kappa shape index (κ1) is 17.7. The van der Waals surface area contributed by atoms with E-state index >= 15 is 0 Å². The first-order valence-corrected chi connectivity index (χ1v) is 9.87. The predicted octanol–water partition coefficient (Wildman–Crippen LogP) is 3.38. The van der Waals surface area contributed by atoms with E-state index < -0.39 is 0 Å². The van der Waals surface area contributed by atoms with Crippen LogP contribution in [0.2, 0.25) is 0 Å². The van der Waals surface area contributed by atoms with E-state index in [1.165, 1.54) is 0 Å². The van der Waals surface area contributed by atoms with Gasteiger partial charge in [-0.05, 0) is 41.5 Å². The largest absolute Gasteiger partial charge is 0.480 e. The van der Waals surface area contributed by atoms with Crippen LogP contribution < -0.4 is 4.74 Å². The van der Waals surface area contributed by atoms with Crippen LogP contribution in [0.4, 0.5) is 0 Å². The number of terminal acetylenes is 1. The number of allylic oxidation sites excluding steroid dienone is 2. The smallest absolute Gasteiger partial charge is 0.254 e. The first-order chi connectivity index (χ1) is 14.2. The number of hydrogen-bond acceptors (Lipinski definition) is 4. The molecule has 2 aromatic rings. The van der Waals surface area contributed by atoms with Crippen LogP contribution in [0.15, 0.2) is 53.7 Å². The van der Waals surface area contributed by atoms with Crippen molar-refractivity contribution in [2.75, 3.05) is 6.61 Å². The van der Waals surface area contributed by atoms with E-state index in [4.69, 9.17) is 11.2 Å². The molecule has 3 aliphatic carbocycles. The number of hydrogen-bond donors (Lipinski definition) is 0. The fourth-order valence-corrected chi connectivity index (χ4v) is 4.94. The van der Waals surface area contributed by atoms with Crippen LogP contribution in [0.25, 0.3) is 10.8 Å². The molecule has 2 bridgehead atoms. The summed E-state index contributed by atoms with van der Waals surface area (Å²) in [5.74, 6) is 2.40. The highest BCUT2D eigenvalue weighted by molar-refractivity contribution is 6.08. The molecule has 29 heavy (non-hydrogen) atoms. The van der Waals surface area contributed by atoms with Crippen molar-refractivity contribution < 1.29 is 14.3 Å². The highest BCUT2D eigenvalue weighted by atomic mass is 16.5. The summed E-state index contributed by atoms with van der Waals surface area (Å²) in [7, 11) is 0. The Morgan fingerprint density at radius 2 is 1.76 bits per heavy atom. The van der Waals surface area contributed by atoms with Crippen LogP contribution in [-0.2, 0) is 9.59 Å². The van der Waals surface area contributed by atoms with Crippen LogP contribution in [0.3, 0.4) is 0 Å². The Balaban J connectivity index is 1.52. The van der Waals surface area contributed by atoms with E-state index in [1.807, 2.05) is 36.4 Å². The van der Waals surface area contributed by atoms with Gasteiger partial charge in [0.05, 0.1) is 18.1 Å². The molecule has 1 heterocycles. The van der Waals surface area contributed by atoms with Crippen molar-refractivity contribution in [2.45, 2.75) is 12.8 Å². The third-order valence-electron chi connectivity index (χ3n) is 6.28. The van der Waals surface area contributed by atoms with Crippen molar-refractivity contribution in [2.24, 2.45) is 28.8 Å². The number of imide groups is 1. The van der Waals surface area contributed by atoms with Gasteiger partial charge in [0, 0.05) is 5.56 Å². The van der Waals surface area contributed by atoms with E-state index in [-0.39, 0.29) is 42.1 Å². The molecule has 5 nitrogen and oxygen atoms in total. The van der Waals surface area contributed by atoms with Crippen molar-refractivity contribution in [3.63, 3.8) is 0 Å². The lowest BCUT2D eigenvalue weighted by Gasteiger charge is -2.37. The number of amides is 2. The summed E-state index contributed by atoms with van der Waals surface area (Å²) in [6.07, 6.45) is 13.0. The zero-order valence-electron chi connectivity index (χ0n) is 15.8. The molecular weight excluding hydrogens is 364 g/mol. The molecule has 2 aromatic carbocycles. The van der Waals surface area contributed by atoms with E-state index in [0.29, 0.717) is 11.3 Å². The van der Waals surface area contributed by atoms with Crippen molar-refractivity contribution in [1.82, 2.24) is 5.01 Å². The summed E-state index contributed by atoms with van der Waals surface area (Å²) in [5.41, 5.74) is 0.704. The number of rotatable bonds is 4. The summed E-state index contributed by atoms with van der Waals surface area (Å²) in [6, 6.07) is 11.6. The fourth-order valence-electron chi connectivity index (χ4n) is 4.94. The standard InChI is InChI=1S/C24H20N2O3/c1-2-13-29-20-12-11-15-5-3-4-6-18(15)19(20)14-25-26-23(27)21-16-7-8-17(10-9-16)22(21)24(26)28/h1,3-8,11-12,14,16-17,21-22H,9-10,13H2/b25-14-/t16-,17-,21-,22+/m0/s1. The molecule has 2 amide bonds. The second-order valence-electron chi connectivity index (χ2n) is 7.77. The van der Waals surface area contributed by atoms with E-state index in [0.717, 1.165) is 28.6 Å². The van der Waals surface area contributed by atoms with Gasteiger partial charge < -0.3 is 4.74 Å². The van der Waals surface area contributed by atoms with Crippen LogP contribution in [-0.4, -0.2) is 29.6 Å². The van der Waals surface area contributed by atoms with Crippen molar-refractivity contribution in [3.8, 4) is 18.1 Å². The number of hydrazone groups is 1. The molecule has 0 spiro atoms. The highest BCUT2D eigenvalue weighted by Crippen LogP contribution is 2.49. The van der Waals surface area contributed by atoms with Crippen molar-refractivity contribution in [1.29, 1.82) is 0 Å². The second-order valence-corrected chi connectivity index (χ2v) is 7.77. The van der Waals surface area contributed by atoms with Gasteiger partial charge in [-0.3, -0.25) is 9.59 Å². The van der Waals surface area contributed by atoms with Crippen LogP contribution in [0.1, 0.15) is 18.4 Å². The summed E-state index contributed by atoms with van der Waals surface area (Å²) < 4.78 is 5.68. The van der Waals surface area contributed by atoms with Crippen LogP contribution in [0.5, 0.6) is 5.75 Å². The molecule has 4 aliphatic rings. The molecular formula is C24H20N2O3. The summed E-state index contributed by atoms with van der Waals surface area (Å²) in [6.45, 7) is 0.125. The Morgan fingerprint density at radius 1 is 1.07 bits per heavy atom. The number of carbonyl (C=O) groups excluding carboxylic acids is 2. The van der Waals surface area contributed by atoms with Crippen LogP contribution in [0, 0.1) is 36.0 Å². The van der Waals surface area contributed by atoms with Gasteiger partial charge in [0.2, 0.25) is 0 Å². The van der Waals surface area contributed by atoms with Gasteiger partial charge in [-0.2, -0.15) is 10.1 Å². The average Bonchev–Trinajstić information content (AvgIpc) is 3.04. The Hall–Kier alpha value is -3.39. The van der Waals surface area contributed by atoms with Crippen molar-refractivity contribution >= 4 is 28.8 Å². The predicted molar refractivity (Wildman–Crippen MR) is 110 cm³/mol. The van der Waals surface area contributed by atoms with E-state index in [1.54, 1.807) is 6.21 Å². The SMILES string of the molecule is C#CCOc1ccc2ccccc2c1/C=N\N1C(=O)[C@@H]2[C@H](C1=O)[C@H]1C=C[C@H]2CC1. The Labute approximate surface area is 169 Å². The molecule has 1 saturated heterocycles. The minimum atomic E-state index is -0.270. The molecule has 1 saturated carbocycles. The lowest BCUT2D eigenvalue weighted by molar-refractivity contribution is -0.140. The topological polar surface area (TPSA) is 59.0 Å². The lowest BCUT2D eigenvalue weighted by Crippen LogP contribution is -2.38. The minimum Gasteiger partial charge on any atom is -0.480 e. The van der Waals surface area contributed by atoms with Gasteiger partial charge in [0.25, 0.3) is 11.8 Å². The van der Waals surface area contributed by atoms with Gasteiger partial charge in [-0.25, -0.2) is 0 Å². The number of fused-ring (bicyclic) bond motifs is 2. The zero-order valence-corrected chi connectivity index (χ0v) is 15.8. The molecule has 0 aromatic heterocycles. The highest BCUT2D eigenvalue weighted by Gasteiger charge is 2.56. The maximum atomic E-state index is 13.0. The molecule has 2 fully saturated rings. The molecule has 4 atom stereocenters. The zero-order chi connectivity index (χ0) is 20.0. The van der Waals surface area contributed by atoms with Gasteiger partial charge in [0.1, 0.15) is 12.4 Å². The molecule has 0 N–H and O–H groups in total. The Kier molecular flexibility index (Phi) is 4.21. The summed E-state index contributed by atoms with van der Waals surface area (Å²) in [4.78, 5) is 26.0. The Bertz CT molecular complexity index is 1080. The maximum Gasteiger partial charge on any atom is 0.254 e. The van der Waals surface area contributed by atoms with Gasteiger partial charge in [-0.1, -0.05) is 48.4 Å². The van der Waals surface area contributed by atoms with Gasteiger partial charge in [0.15, 0.2) is 0 Å². The minimum absolute atomic E-state index is 0.125. The van der Waals surface area contributed by atoms with Gasteiger partial charge >= 0.3 is 0 Å². The van der Waals surface area contributed by atoms with Gasteiger partial charge in [-0.15, -0.1) is 6.42 Å². The lowest BCUT2D eigenvalue weighted by atomic mass is 9.63. The quantitative estimate of drug-likeness (QED) is 0.351. The third-order valence-corrected chi connectivity index (χ3v) is 6.28. The third kappa shape index (κ3) is 2.75. The number of ether oxygens (including phenoxy) is 1. The number of carbonyl (C=O) groups is 2. The maximum absolute atomic E-state index is 13.0. The molecule has 0 unspecified atom stereocenters. The van der Waals surface area contributed by atoms with Crippen LogP contribution >= 0.6 is 0 Å². The molecule has 1 aliphatic heterocycles. The summed E-state index contributed by atoms with van der Waals surface area (Å²) >= 11 is 0. The van der Waals surface area contributed by atoms with E-state index in [2.05, 4.69) is 23.2 Å². The molecule has 0 radical (unpaired) electrons. The molecule has 5 heteroatoms. The Morgan fingerprint density at radius 3 is 2.41 bits per heavy atom. The second kappa shape index (κ2) is 6.89. The fraction of sp³-hybridized carbons (Fsp3) is 0.292. The average molecular weight is 384 g/mol. The van der Waals surface area contributed by atoms with E-state index in [9.17, 15) is 9.59 Å². The number of benzene rings is 2.